The van der Waals surface area contributed by atoms with Gasteiger partial charge in [-0.2, -0.15) is 0 Å². The van der Waals surface area contributed by atoms with Crippen molar-refractivity contribution in [3.8, 4) is 11.3 Å². The number of nitrogens with zero attached hydrogens (tertiary/aromatic N) is 6. The summed E-state index contributed by atoms with van der Waals surface area (Å²) >= 11 is 0. The third-order valence-electron chi connectivity index (χ3n) is 7.47. The number of carbonyl (C=O) groups excluding carboxylic acids is 1. The van der Waals surface area contributed by atoms with Gasteiger partial charge in [-0.05, 0) is 56.4 Å². The van der Waals surface area contributed by atoms with Crippen molar-refractivity contribution in [3.63, 3.8) is 0 Å². The Morgan fingerprint density at radius 3 is 2.64 bits per heavy atom. The maximum Gasteiger partial charge on any atom is 0.254 e. The van der Waals surface area contributed by atoms with Gasteiger partial charge in [-0.1, -0.05) is 5.21 Å². The highest BCUT2D eigenvalue weighted by Crippen LogP contribution is 2.40. The molecule has 0 N–H and O–H groups in total. The first kappa shape index (κ1) is 20.4. The molecular formula is C25H28N6O2. The van der Waals surface area contributed by atoms with Crippen molar-refractivity contribution in [1.29, 1.82) is 0 Å². The van der Waals surface area contributed by atoms with Gasteiger partial charge in [0.2, 0.25) is 0 Å². The van der Waals surface area contributed by atoms with Crippen molar-refractivity contribution in [3.05, 3.63) is 41.2 Å². The second kappa shape index (κ2) is 7.38. The van der Waals surface area contributed by atoms with Crippen LogP contribution in [0.2, 0.25) is 0 Å². The summed E-state index contributed by atoms with van der Waals surface area (Å²) in [6, 6.07) is 6.75. The van der Waals surface area contributed by atoms with E-state index < -0.39 is 0 Å². The molecule has 170 valence electrons. The van der Waals surface area contributed by atoms with E-state index in [4.69, 9.17) is 9.72 Å². The largest absolute Gasteiger partial charge is 0.381 e. The normalized spacial score (nSPS) is 17.9. The number of hydrogen-bond acceptors (Lipinski definition) is 5. The molecule has 0 saturated carbocycles. The van der Waals surface area contributed by atoms with Gasteiger partial charge < -0.3 is 14.2 Å². The van der Waals surface area contributed by atoms with E-state index in [-0.39, 0.29) is 11.9 Å². The minimum Gasteiger partial charge on any atom is -0.381 e. The number of hydrogen-bond donors (Lipinski definition) is 0. The Labute approximate surface area is 192 Å². The molecule has 1 saturated heterocycles. The van der Waals surface area contributed by atoms with Crippen LogP contribution < -0.4 is 0 Å². The highest BCUT2D eigenvalue weighted by molar-refractivity contribution is 6.11. The zero-order chi connectivity index (χ0) is 22.9. The number of ether oxygens (including phenoxy) is 1. The highest BCUT2D eigenvalue weighted by Gasteiger charge is 2.30. The molecule has 5 heterocycles. The van der Waals surface area contributed by atoms with E-state index in [9.17, 15) is 4.79 Å². The van der Waals surface area contributed by atoms with E-state index in [0.717, 1.165) is 76.1 Å². The van der Waals surface area contributed by atoms with Crippen molar-refractivity contribution >= 4 is 27.8 Å². The van der Waals surface area contributed by atoms with E-state index >= 15 is 0 Å². The van der Waals surface area contributed by atoms with Crippen molar-refractivity contribution in [1.82, 2.24) is 29.4 Å². The number of carbonyl (C=O) groups is 1. The molecule has 8 nitrogen and oxygen atoms in total. The van der Waals surface area contributed by atoms with Crippen molar-refractivity contribution in [2.75, 3.05) is 20.3 Å². The van der Waals surface area contributed by atoms with Crippen molar-refractivity contribution in [2.24, 2.45) is 13.0 Å². The quantitative estimate of drug-likeness (QED) is 0.479. The van der Waals surface area contributed by atoms with Gasteiger partial charge in [0.1, 0.15) is 0 Å². The molecule has 1 aromatic carbocycles. The lowest BCUT2D eigenvalue weighted by atomic mass is 9.92. The molecule has 2 aliphatic heterocycles. The Hall–Kier alpha value is -3.26. The number of rotatable bonds is 3. The van der Waals surface area contributed by atoms with E-state index in [1.165, 1.54) is 0 Å². The van der Waals surface area contributed by atoms with Crippen LogP contribution in [-0.4, -0.2) is 55.6 Å². The Kier molecular flexibility index (Phi) is 4.55. The number of fused-ring (bicyclic) bond motifs is 4. The number of benzene rings is 1. The van der Waals surface area contributed by atoms with Gasteiger partial charge >= 0.3 is 0 Å². The third-order valence-corrected chi connectivity index (χ3v) is 7.47. The van der Waals surface area contributed by atoms with Crippen LogP contribution >= 0.6 is 0 Å². The summed E-state index contributed by atoms with van der Waals surface area (Å²) < 4.78 is 9.88. The van der Waals surface area contributed by atoms with Gasteiger partial charge in [-0.3, -0.25) is 9.78 Å². The molecular weight excluding hydrogens is 416 g/mol. The minimum atomic E-state index is 0.0819. The van der Waals surface area contributed by atoms with Gasteiger partial charge in [0, 0.05) is 62.6 Å². The lowest BCUT2D eigenvalue weighted by molar-refractivity contribution is 0.0525. The Bertz CT molecular complexity index is 1390. The Balaban J connectivity index is 1.62. The summed E-state index contributed by atoms with van der Waals surface area (Å²) in [5, 5.41) is 9.45. The van der Waals surface area contributed by atoms with Crippen LogP contribution in [0.5, 0.6) is 0 Å². The average molecular weight is 445 g/mol. The zero-order valence-corrected chi connectivity index (χ0v) is 19.5. The molecule has 0 radical (unpaired) electrons. The Morgan fingerprint density at radius 2 is 1.91 bits per heavy atom. The predicted octanol–water partition coefficient (Wildman–Crippen LogP) is 3.87. The van der Waals surface area contributed by atoms with Crippen LogP contribution in [0.15, 0.2) is 24.4 Å². The summed E-state index contributed by atoms with van der Waals surface area (Å²) in [7, 11) is 3.77. The standard InChI is InChI=1S/C25H28N6O2/c1-14-24(30(4)28-27-14)17-9-22-23(26-12-17)20-11-19-18(13-29(3)25(19)32)10-21(20)31(22)15(2)16-5-7-33-8-6-16/h9-12,15-16H,5-8,13H2,1-4H3/t15-/m1/s1. The minimum absolute atomic E-state index is 0.0819. The van der Waals surface area contributed by atoms with Gasteiger partial charge in [-0.25, -0.2) is 4.68 Å². The summed E-state index contributed by atoms with van der Waals surface area (Å²) in [5.41, 5.74) is 7.91. The van der Waals surface area contributed by atoms with Crippen LogP contribution in [-0.2, 0) is 18.3 Å². The predicted molar refractivity (Wildman–Crippen MR) is 126 cm³/mol. The van der Waals surface area contributed by atoms with Crippen molar-refractivity contribution in [2.45, 2.75) is 39.3 Å². The summed E-state index contributed by atoms with van der Waals surface area (Å²) in [6.45, 7) is 6.55. The average Bonchev–Trinajstić information content (AvgIpc) is 3.42. The van der Waals surface area contributed by atoms with Crippen LogP contribution in [0.3, 0.4) is 0 Å². The monoisotopic (exact) mass is 444 g/mol. The SMILES string of the molecule is Cc1nnn(C)c1-c1cnc2c3cc4c(cc3n([C@H](C)C3CCOCC3)c2c1)CN(C)C4=O. The summed E-state index contributed by atoms with van der Waals surface area (Å²) in [5.74, 6) is 0.609. The number of aromatic nitrogens is 5. The first-order chi connectivity index (χ1) is 15.9. The highest BCUT2D eigenvalue weighted by atomic mass is 16.5. The number of amides is 1. The van der Waals surface area contributed by atoms with Gasteiger partial charge in [-0.15, -0.1) is 5.10 Å². The van der Waals surface area contributed by atoms with Crippen LogP contribution in [0.1, 0.15) is 47.4 Å². The lowest BCUT2D eigenvalue weighted by Gasteiger charge is -2.30. The summed E-state index contributed by atoms with van der Waals surface area (Å²) in [4.78, 5) is 19.4. The van der Waals surface area contributed by atoms with Crippen molar-refractivity contribution < 1.29 is 9.53 Å². The smallest absolute Gasteiger partial charge is 0.254 e. The zero-order valence-electron chi connectivity index (χ0n) is 19.5. The fraction of sp³-hybridized carbons (Fsp3) is 0.440. The van der Waals surface area contributed by atoms with Gasteiger partial charge in [0.15, 0.2) is 0 Å². The Morgan fingerprint density at radius 1 is 1.12 bits per heavy atom. The first-order valence-electron chi connectivity index (χ1n) is 11.6. The molecule has 8 heteroatoms. The van der Waals surface area contributed by atoms with Gasteiger partial charge in [0.05, 0.1) is 27.9 Å². The molecule has 6 rings (SSSR count). The topological polar surface area (TPSA) is 78.1 Å². The number of pyridine rings is 1. The first-order valence-corrected chi connectivity index (χ1v) is 11.6. The van der Waals surface area contributed by atoms with Crippen LogP contribution in [0.25, 0.3) is 33.2 Å². The van der Waals surface area contributed by atoms with E-state index in [2.05, 4.69) is 40.0 Å². The molecule has 3 aromatic heterocycles. The van der Waals surface area contributed by atoms with E-state index in [0.29, 0.717) is 12.5 Å². The lowest BCUT2D eigenvalue weighted by Crippen LogP contribution is -2.24. The van der Waals surface area contributed by atoms with Crippen LogP contribution in [0.4, 0.5) is 0 Å². The molecule has 1 atom stereocenters. The molecule has 4 aromatic rings. The molecule has 0 bridgehead atoms. The molecule has 1 amide bonds. The second-order valence-corrected chi connectivity index (χ2v) is 9.49. The molecule has 1 fully saturated rings. The third kappa shape index (κ3) is 3.00. The maximum atomic E-state index is 12.7. The molecule has 33 heavy (non-hydrogen) atoms. The maximum absolute atomic E-state index is 12.7. The molecule has 0 aliphatic carbocycles. The fourth-order valence-electron chi connectivity index (χ4n) is 5.69. The molecule has 0 spiro atoms. The van der Waals surface area contributed by atoms with Gasteiger partial charge in [0.25, 0.3) is 5.91 Å². The number of aryl methyl sites for hydroxylation is 2. The fourth-order valence-corrected chi connectivity index (χ4v) is 5.69. The molecule has 2 aliphatic rings. The second-order valence-electron chi connectivity index (χ2n) is 9.49. The van der Waals surface area contributed by atoms with Crippen LogP contribution in [0, 0.1) is 12.8 Å². The molecule has 0 unspecified atom stereocenters. The summed E-state index contributed by atoms with van der Waals surface area (Å²) in [6.07, 6.45) is 4.00. The van der Waals surface area contributed by atoms with E-state index in [1.54, 1.807) is 9.58 Å². The van der Waals surface area contributed by atoms with E-state index in [1.807, 2.05) is 27.2 Å².